The summed E-state index contributed by atoms with van der Waals surface area (Å²) in [6, 6.07) is 25.2. The van der Waals surface area contributed by atoms with Gasteiger partial charge in [-0.2, -0.15) is 9.83 Å². The Labute approximate surface area is 175 Å². The average molecular weight is 390 g/mol. The first-order valence-corrected chi connectivity index (χ1v) is 10.00. The molecule has 0 spiro atoms. The Kier molecular flexibility index (Phi) is 4.11. The smallest absolute Gasteiger partial charge is 0.192 e. The lowest BCUT2D eigenvalue weighted by atomic mass is 10.1. The predicted molar refractivity (Wildman–Crippen MR) is 118 cm³/mol. The van der Waals surface area contributed by atoms with Gasteiger partial charge in [-0.3, -0.25) is 0 Å². The van der Waals surface area contributed by atoms with E-state index < -0.39 is 0 Å². The van der Waals surface area contributed by atoms with E-state index in [4.69, 9.17) is 0 Å². The number of benzene rings is 3. The number of hydrogen-bond donors (Lipinski definition) is 0. The van der Waals surface area contributed by atoms with Crippen molar-refractivity contribution >= 4 is 21.7 Å². The Morgan fingerprint density at radius 3 is 2.30 bits per heavy atom. The summed E-state index contributed by atoms with van der Waals surface area (Å²) in [5, 5.41) is 13.3. The van der Waals surface area contributed by atoms with E-state index in [2.05, 4.69) is 88.7 Å². The van der Waals surface area contributed by atoms with Gasteiger partial charge in [0.25, 0.3) is 0 Å². The third kappa shape index (κ3) is 2.75. The van der Waals surface area contributed by atoms with Crippen LogP contribution in [0, 0.1) is 25.2 Å². The largest absolute Gasteiger partial charge is 0.217 e. The molecule has 0 unspecified atom stereocenters. The number of para-hydroxylation sites is 1. The molecule has 0 fully saturated rings. The summed E-state index contributed by atoms with van der Waals surface area (Å²) in [6.07, 6.45) is 4.27. The molecule has 0 aliphatic carbocycles. The Bertz CT molecular complexity index is 1490. The van der Waals surface area contributed by atoms with Crippen LogP contribution in [0.1, 0.15) is 16.8 Å². The fourth-order valence-corrected chi connectivity index (χ4v) is 4.29. The first kappa shape index (κ1) is 18.1. The van der Waals surface area contributed by atoms with E-state index in [1.54, 1.807) is 0 Å². The Morgan fingerprint density at radius 1 is 0.833 bits per heavy atom. The Hall–Kier alpha value is -3.97. The molecule has 0 radical (unpaired) electrons. The van der Waals surface area contributed by atoms with Crippen LogP contribution in [0.3, 0.4) is 0 Å². The molecule has 3 aromatic carbocycles. The molecule has 0 bridgehead atoms. The van der Waals surface area contributed by atoms with Crippen LogP contribution in [0.2, 0.25) is 0 Å². The predicted octanol–water partition coefficient (Wildman–Crippen LogP) is 4.37. The highest BCUT2D eigenvalue weighted by molar-refractivity contribution is 5.81. The number of rotatable bonds is 2. The molecule has 2 heterocycles. The minimum absolute atomic E-state index is 0.642. The zero-order valence-electron chi connectivity index (χ0n) is 17.3. The molecule has 0 atom stereocenters. The Morgan fingerprint density at radius 2 is 1.53 bits per heavy atom. The van der Waals surface area contributed by atoms with Crippen LogP contribution in [-0.4, -0.2) is 4.68 Å². The molecule has 0 aliphatic rings. The SMILES string of the molecule is Cc1c(-n2c3ccccc3c[n+]2C)cc(C#N)cc1-[n+]1cc2ccccc2cc1C. The number of aryl methyl sites for hydroxylation is 2. The van der Waals surface area contributed by atoms with E-state index in [1.807, 2.05) is 31.3 Å². The van der Waals surface area contributed by atoms with Gasteiger partial charge in [-0.1, -0.05) is 30.3 Å². The fraction of sp³-hybridized carbons (Fsp3) is 0.115. The molecule has 0 aliphatic heterocycles. The van der Waals surface area contributed by atoms with Crippen LogP contribution in [0.25, 0.3) is 33.1 Å². The van der Waals surface area contributed by atoms with E-state index in [0.29, 0.717) is 5.56 Å². The molecular formula is C26H22N4+2. The molecule has 5 aromatic rings. The molecule has 144 valence electrons. The van der Waals surface area contributed by atoms with Crippen LogP contribution >= 0.6 is 0 Å². The third-order valence-electron chi connectivity index (χ3n) is 5.78. The van der Waals surface area contributed by atoms with Crippen LogP contribution in [-0.2, 0) is 7.05 Å². The van der Waals surface area contributed by atoms with E-state index >= 15 is 0 Å². The number of nitriles is 1. The monoisotopic (exact) mass is 390 g/mol. The second-order valence-corrected chi connectivity index (χ2v) is 7.74. The highest BCUT2D eigenvalue weighted by atomic mass is 15.4. The summed E-state index contributed by atoms with van der Waals surface area (Å²) in [5.41, 5.74) is 6.03. The zero-order valence-corrected chi connectivity index (χ0v) is 17.3. The fourth-order valence-electron chi connectivity index (χ4n) is 4.29. The molecule has 0 N–H and O–H groups in total. The lowest BCUT2D eigenvalue weighted by Crippen LogP contribution is -2.39. The zero-order chi connectivity index (χ0) is 20.8. The van der Waals surface area contributed by atoms with Crippen molar-refractivity contribution in [2.24, 2.45) is 7.05 Å². The number of aromatic nitrogens is 3. The lowest BCUT2D eigenvalue weighted by molar-refractivity contribution is -0.742. The van der Waals surface area contributed by atoms with Gasteiger partial charge in [-0.25, -0.2) is 0 Å². The first-order chi connectivity index (χ1) is 14.6. The van der Waals surface area contributed by atoms with Gasteiger partial charge in [0, 0.05) is 24.4 Å². The van der Waals surface area contributed by atoms with E-state index in [9.17, 15) is 5.26 Å². The van der Waals surface area contributed by atoms with E-state index in [0.717, 1.165) is 33.5 Å². The minimum Gasteiger partial charge on any atom is -0.192 e. The van der Waals surface area contributed by atoms with Crippen LogP contribution < -0.4 is 9.25 Å². The third-order valence-corrected chi connectivity index (χ3v) is 5.78. The summed E-state index contributed by atoms with van der Waals surface area (Å²) in [6.45, 7) is 4.23. The minimum atomic E-state index is 0.642. The van der Waals surface area contributed by atoms with Gasteiger partial charge < -0.3 is 0 Å². The normalized spacial score (nSPS) is 11.1. The van der Waals surface area contributed by atoms with Gasteiger partial charge >= 0.3 is 0 Å². The topological polar surface area (TPSA) is 36.5 Å². The molecular weight excluding hydrogens is 368 g/mol. The quantitative estimate of drug-likeness (QED) is 0.412. The maximum absolute atomic E-state index is 9.77. The molecule has 5 rings (SSSR count). The molecule has 0 amide bonds. The number of fused-ring (bicyclic) bond motifs is 2. The molecule has 2 aromatic heterocycles. The number of nitrogens with zero attached hydrogens (tertiary/aromatic N) is 4. The van der Waals surface area contributed by atoms with Crippen molar-refractivity contribution in [3.05, 3.63) is 95.9 Å². The number of pyridine rings is 1. The summed E-state index contributed by atoms with van der Waals surface area (Å²) in [5.74, 6) is 0. The van der Waals surface area contributed by atoms with Crippen LogP contribution in [0.5, 0.6) is 0 Å². The molecule has 4 heteroatoms. The summed E-state index contributed by atoms with van der Waals surface area (Å²) < 4.78 is 6.44. The van der Waals surface area contributed by atoms with E-state index in [-0.39, 0.29) is 0 Å². The van der Waals surface area contributed by atoms with Gasteiger partial charge in [0.1, 0.15) is 11.2 Å². The lowest BCUT2D eigenvalue weighted by Gasteiger charge is -2.10. The second-order valence-electron chi connectivity index (χ2n) is 7.74. The van der Waals surface area contributed by atoms with Gasteiger partial charge in [0.15, 0.2) is 18.9 Å². The molecule has 4 nitrogen and oxygen atoms in total. The Balaban J connectivity index is 1.83. The van der Waals surface area contributed by atoms with Crippen molar-refractivity contribution in [3.63, 3.8) is 0 Å². The van der Waals surface area contributed by atoms with Crippen molar-refractivity contribution < 1.29 is 9.25 Å². The van der Waals surface area contributed by atoms with Crippen LogP contribution in [0.15, 0.2) is 79.1 Å². The standard InChI is InChI=1S/C26H22N4/c1-18-12-21-8-4-5-9-22(21)17-29(18)25-13-20(15-27)14-26(19(25)2)30-24-11-7-6-10-23(24)16-28(30)3/h4-14,16-17H,1-3H3/q+2. The molecule has 0 saturated heterocycles. The average Bonchev–Trinajstić information content (AvgIpc) is 3.09. The highest BCUT2D eigenvalue weighted by Gasteiger charge is 2.23. The van der Waals surface area contributed by atoms with Crippen molar-refractivity contribution in [3.8, 4) is 17.4 Å². The van der Waals surface area contributed by atoms with Gasteiger partial charge in [0.05, 0.1) is 22.6 Å². The maximum Gasteiger partial charge on any atom is 0.217 e. The van der Waals surface area contributed by atoms with Crippen molar-refractivity contribution in [1.29, 1.82) is 5.26 Å². The first-order valence-electron chi connectivity index (χ1n) is 10.00. The van der Waals surface area contributed by atoms with Gasteiger partial charge in [-0.05, 0) is 36.6 Å². The van der Waals surface area contributed by atoms with Gasteiger partial charge in [0.2, 0.25) is 11.9 Å². The summed E-state index contributed by atoms with van der Waals surface area (Å²) in [4.78, 5) is 0. The molecule has 30 heavy (non-hydrogen) atoms. The highest BCUT2D eigenvalue weighted by Crippen LogP contribution is 2.25. The van der Waals surface area contributed by atoms with E-state index in [1.165, 1.54) is 10.8 Å². The summed E-state index contributed by atoms with van der Waals surface area (Å²) in [7, 11) is 2.03. The summed E-state index contributed by atoms with van der Waals surface area (Å²) >= 11 is 0. The number of hydrogen-bond acceptors (Lipinski definition) is 1. The van der Waals surface area contributed by atoms with Crippen molar-refractivity contribution in [1.82, 2.24) is 4.68 Å². The van der Waals surface area contributed by atoms with Crippen molar-refractivity contribution in [2.75, 3.05) is 0 Å². The maximum atomic E-state index is 9.77. The molecule has 0 saturated carbocycles. The van der Waals surface area contributed by atoms with Crippen molar-refractivity contribution in [2.45, 2.75) is 13.8 Å². The van der Waals surface area contributed by atoms with Gasteiger partial charge in [-0.15, -0.1) is 9.36 Å². The second kappa shape index (κ2) is 6.82. The van der Waals surface area contributed by atoms with Crippen LogP contribution in [0.4, 0.5) is 0 Å².